The quantitative estimate of drug-likeness (QED) is 0.244. The summed E-state index contributed by atoms with van der Waals surface area (Å²) >= 11 is 1.79. The number of carbonyl (C=O) groups is 2. The molecule has 1 aliphatic carbocycles. The molecule has 1 heterocycles. The van der Waals surface area contributed by atoms with E-state index in [1.54, 1.807) is 11.3 Å². The number of rotatable bonds is 7. The van der Waals surface area contributed by atoms with Gasteiger partial charge in [-0.3, -0.25) is 0 Å². The van der Waals surface area contributed by atoms with Crippen LogP contribution >= 0.6 is 11.3 Å². The van der Waals surface area contributed by atoms with Gasteiger partial charge >= 0.3 is 12.1 Å². The minimum atomic E-state index is -0.819. The lowest BCUT2D eigenvalue weighted by molar-refractivity contribution is -0.157. The fourth-order valence-corrected chi connectivity index (χ4v) is 6.31. The molecule has 1 atom stereocenters. The smallest absolute Gasteiger partial charge is 0.407 e. The van der Waals surface area contributed by atoms with Crippen LogP contribution in [0.4, 0.5) is 4.79 Å². The van der Waals surface area contributed by atoms with Gasteiger partial charge in [-0.2, -0.15) is 0 Å². The second-order valence-electron chi connectivity index (χ2n) is 11.2. The van der Waals surface area contributed by atoms with E-state index in [2.05, 4.69) is 61.6 Å². The molecular weight excluding hydrogens is 506 g/mol. The topological polar surface area (TPSA) is 64.6 Å². The van der Waals surface area contributed by atoms with Gasteiger partial charge in [0.25, 0.3) is 0 Å². The fourth-order valence-electron chi connectivity index (χ4n) is 5.26. The highest BCUT2D eigenvalue weighted by Crippen LogP contribution is 2.44. The maximum absolute atomic E-state index is 13.1. The van der Waals surface area contributed by atoms with Crippen molar-refractivity contribution >= 4 is 33.5 Å². The van der Waals surface area contributed by atoms with Gasteiger partial charge in [0.15, 0.2) is 0 Å². The normalized spacial score (nSPS) is 13.6. The summed E-state index contributed by atoms with van der Waals surface area (Å²) in [6.45, 7) is 9.94. The molecular formula is C33H35NO4S. The van der Waals surface area contributed by atoms with Crippen molar-refractivity contribution in [3.8, 4) is 11.1 Å². The lowest BCUT2D eigenvalue weighted by atomic mass is 9.98. The second-order valence-corrected chi connectivity index (χ2v) is 12.5. The van der Waals surface area contributed by atoms with Crippen molar-refractivity contribution in [3.63, 3.8) is 0 Å². The van der Waals surface area contributed by atoms with E-state index in [-0.39, 0.29) is 12.5 Å². The van der Waals surface area contributed by atoms with E-state index in [4.69, 9.17) is 9.47 Å². The Bertz CT molecular complexity index is 1480. The van der Waals surface area contributed by atoms with Gasteiger partial charge in [-0.15, -0.1) is 11.3 Å². The third-order valence-electron chi connectivity index (χ3n) is 7.29. The van der Waals surface area contributed by atoms with Gasteiger partial charge < -0.3 is 14.8 Å². The van der Waals surface area contributed by atoms with Gasteiger partial charge in [0, 0.05) is 15.5 Å². The second kappa shape index (κ2) is 10.9. The SMILES string of the molecule is Cc1sc2ccc(CCC(NC(=O)OCC3c4ccccc4-c4ccccc43)C(=O)OC(C)(C)C)cc2c1C. The summed E-state index contributed by atoms with van der Waals surface area (Å²) < 4.78 is 12.6. The van der Waals surface area contributed by atoms with Crippen molar-refractivity contribution in [2.24, 2.45) is 0 Å². The number of esters is 1. The molecule has 0 bridgehead atoms. The summed E-state index contributed by atoms with van der Waals surface area (Å²) in [6, 6.07) is 22.0. The van der Waals surface area contributed by atoms with E-state index < -0.39 is 23.7 Å². The monoisotopic (exact) mass is 541 g/mol. The van der Waals surface area contributed by atoms with Crippen molar-refractivity contribution in [2.45, 2.75) is 65.0 Å². The average Bonchev–Trinajstić information content (AvgIpc) is 3.37. The first kappa shape index (κ1) is 26.9. The lowest BCUT2D eigenvalue weighted by Crippen LogP contribution is -2.45. The number of carbonyl (C=O) groups excluding carboxylic acids is 2. The first-order valence-electron chi connectivity index (χ1n) is 13.4. The van der Waals surface area contributed by atoms with Crippen molar-refractivity contribution < 1.29 is 19.1 Å². The molecule has 6 heteroatoms. The van der Waals surface area contributed by atoms with Crippen LogP contribution < -0.4 is 5.32 Å². The Labute approximate surface area is 234 Å². The van der Waals surface area contributed by atoms with Crippen molar-refractivity contribution in [1.82, 2.24) is 5.32 Å². The Balaban J connectivity index is 1.28. The summed E-state index contributed by atoms with van der Waals surface area (Å²) in [5.74, 6) is -0.508. The third-order valence-corrected chi connectivity index (χ3v) is 8.48. The number of ether oxygens (including phenoxy) is 2. The van der Waals surface area contributed by atoms with Gasteiger partial charge in [0.2, 0.25) is 0 Å². The predicted molar refractivity (Wildman–Crippen MR) is 157 cm³/mol. The molecule has 5 rings (SSSR count). The maximum Gasteiger partial charge on any atom is 0.407 e. The minimum absolute atomic E-state index is 0.0489. The molecule has 0 spiro atoms. The molecule has 202 valence electrons. The van der Waals surface area contributed by atoms with Crippen LogP contribution in [0.25, 0.3) is 21.2 Å². The molecule has 39 heavy (non-hydrogen) atoms. The molecule has 3 aromatic carbocycles. The number of amides is 1. The summed E-state index contributed by atoms with van der Waals surface area (Å²) in [6.07, 6.45) is 0.414. The molecule has 0 saturated heterocycles. The Morgan fingerprint density at radius 3 is 2.23 bits per heavy atom. The molecule has 5 nitrogen and oxygen atoms in total. The van der Waals surface area contributed by atoms with Crippen LogP contribution in [0.15, 0.2) is 66.7 Å². The third kappa shape index (κ3) is 5.86. The fraction of sp³-hybridized carbons (Fsp3) is 0.333. The molecule has 1 unspecified atom stereocenters. The number of alkyl carbamates (subject to hydrolysis) is 1. The molecule has 0 saturated carbocycles. The molecule has 0 aliphatic heterocycles. The van der Waals surface area contributed by atoms with Crippen LogP contribution in [0.3, 0.4) is 0 Å². The van der Waals surface area contributed by atoms with E-state index >= 15 is 0 Å². The Hall–Kier alpha value is -3.64. The molecule has 0 radical (unpaired) electrons. The summed E-state index contributed by atoms with van der Waals surface area (Å²) in [4.78, 5) is 27.4. The maximum atomic E-state index is 13.1. The molecule has 1 N–H and O–H groups in total. The number of thiophene rings is 1. The van der Waals surface area contributed by atoms with Gasteiger partial charge in [-0.25, -0.2) is 9.59 Å². The molecule has 1 aliphatic rings. The number of hydrogen-bond acceptors (Lipinski definition) is 5. The highest BCUT2D eigenvalue weighted by atomic mass is 32.1. The van der Waals surface area contributed by atoms with E-state index in [0.717, 1.165) is 16.7 Å². The highest BCUT2D eigenvalue weighted by Gasteiger charge is 2.31. The van der Waals surface area contributed by atoms with Crippen molar-refractivity contribution in [3.05, 3.63) is 93.9 Å². The zero-order valence-electron chi connectivity index (χ0n) is 23.2. The van der Waals surface area contributed by atoms with Crippen LogP contribution in [0.5, 0.6) is 0 Å². The molecule has 1 amide bonds. The number of nitrogens with one attached hydrogen (secondary N) is 1. The predicted octanol–water partition coefficient (Wildman–Crippen LogP) is 7.70. The van der Waals surface area contributed by atoms with Crippen LogP contribution in [0.2, 0.25) is 0 Å². The van der Waals surface area contributed by atoms with E-state index in [9.17, 15) is 9.59 Å². The van der Waals surface area contributed by atoms with Gasteiger partial charge in [-0.05, 0) is 92.3 Å². The summed E-state index contributed by atoms with van der Waals surface area (Å²) in [5, 5.41) is 4.04. The van der Waals surface area contributed by atoms with Crippen LogP contribution in [-0.4, -0.2) is 30.3 Å². The lowest BCUT2D eigenvalue weighted by Gasteiger charge is -2.25. The van der Waals surface area contributed by atoms with E-state index in [1.165, 1.54) is 31.7 Å². The van der Waals surface area contributed by atoms with Crippen LogP contribution in [0, 0.1) is 13.8 Å². The Kier molecular flexibility index (Phi) is 7.50. The number of benzene rings is 3. The average molecular weight is 542 g/mol. The van der Waals surface area contributed by atoms with E-state index in [0.29, 0.717) is 12.8 Å². The zero-order valence-corrected chi connectivity index (χ0v) is 24.0. The van der Waals surface area contributed by atoms with Crippen LogP contribution in [-0.2, 0) is 20.7 Å². The van der Waals surface area contributed by atoms with Crippen LogP contribution in [0.1, 0.15) is 60.2 Å². The zero-order chi connectivity index (χ0) is 27.7. The Morgan fingerprint density at radius 1 is 0.949 bits per heavy atom. The first-order valence-corrected chi connectivity index (χ1v) is 14.3. The molecule has 1 aromatic heterocycles. The molecule has 0 fully saturated rings. The van der Waals surface area contributed by atoms with Gasteiger partial charge in [-0.1, -0.05) is 60.7 Å². The van der Waals surface area contributed by atoms with E-state index in [1.807, 2.05) is 45.0 Å². The number of aryl methyl sites for hydroxylation is 3. The summed E-state index contributed by atoms with van der Waals surface area (Å²) in [7, 11) is 0. The Morgan fingerprint density at radius 2 is 1.59 bits per heavy atom. The first-order chi connectivity index (χ1) is 18.6. The standard InChI is InChI=1S/C33H35NO4S/c1-20-21(2)39-30-17-15-22(18-27(20)30)14-16-29(31(35)38-33(3,4)5)34-32(36)37-19-28-25-12-8-6-10-23(25)24-11-7-9-13-26(24)28/h6-13,15,17-18,28-29H,14,16,19H2,1-5H3,(H,34,36). The molecule has 4 aromatic rings. The number of fused-ring (bicyclic) bond motifs is 4. The van der Waals surface area contributed by atoms with Crippen molar-refractivity contribution in [2.75, 3.05) is 6.61 Å². The summed E-state index contributed by atoms with van der Waals surface area (Å²) in [5.41, 5.74) is 6.36. The minimum Gasteiger partial charge on any atom is -0.458 e. The number of hydrogen-bond donors (Lipinski definition) is 1. The van der Waals surface area contributed by atoms with Gasteiger partial charge in [0.1, 0.15) is 18.2 Å². The highest BCUT2D eigenvalue weighted by molar-refractivity contribution is 7.19. The largest absolute Gasteiger partial charge is 0.458 e. The van der Waals surface area contributed by atoms with Gasteiger partial charge in [0.05, 0.1) is 0 Å². The van der Waals surface area contributed by atoms with Crippen molar-refractivity contribution in [1.29, 1.82) is 0 Å².